The molecule has 0 aliphatic carbocycles. The van der Waals surface area contributed by atoms with Crippen LogP contribution in [0.3, 0.4) is 0 Å². The molecular weight excluding hydrogens is 333 g/mol. The molecule has 0 aromatic carbocycles. The van der Waals surface area contributed by atoms with Crippen LogP contribution in [0.25, 0.3) is 0 Å². The summed E-state index contributed by atoms with van der Waals surface area (Å²) in [5.41, 5.74) is 5.91. The van der Waals surface area contributed by atoms with Gasteiger partial charge in [0.15, 0.2) is 0 Å². The number of nitrogens with two attached hydrogens (primary N) is 1. The second kappa shape index (κ2) is 9.73. The molecule has 9 heteroatoms. The monoisotopic (exact) mass is 351 g/mol. The van der Waals surface area contributed by atoms with Crippen LogP contribution in [0.4, 0.5) is 0 Å². The van der Waals surface area contributed by atoms with Gasteiger partial charge in [-0.1, -0.05) is 6.92 Å². The number of thiazole rings is 1. The van der Waals surface area contributed by atoms with Crippen molar-refractivity contribution in [1.29, 1.82) is 0 Å². The van der Waals surface area contributed by atoms with Gasteiger partial charge in [-0.15, -0.1) is 36.2 Å². The van der Waals surface area contributed by atoms with E-state index in [2.05, 4.69) is 22.2 Å². The molecule has 118 valence electrons. The molecule has 1 amide bonds. The van der Waals surface area contributed by atoms with Gasteiger partial charge in [0.25, 0.3) is 5.91 Å². The summed E-state index contributed by atoms with van der Waals surface area (Å²) in [5.74, 6) is 0.180. The number of carbonyl (C=O) groups excluding carboxylic acids is 1. The molecular formula is C12H19Cl2N5OS. The van der Waals surface area contributed by atoms with Crippen molar-refractivity contribution in [3.8, 4) is 0 Å². The van der Waals surface area contributed by atoms with Crippen molar-refractivity contribution in [3.63, 3.8) is 0 Å². The number of nitrogens with one attached hydrogen (secondary N) is 1. The molecule has 2 aromatic heterocycles. The molecule has 0 saturated carbocycles. The van der Waals surface area contributed by atoms with Crippen molar-refractivity contribution in [2.75, 3.05) is 6.54 Å². The van der Waals surface area contributed by atoms with Gasteiger partial charge >= 0.3 is 0 Å². The maximum Gasteiger partial charge on any atom is 0.270 e. The van der Waals surface area contributed by atoms with Crippen molar-refractivity contribution in [3.05, 3.63) is 34.8 Å². The topological polar surface area (TPSA) is 85.8 Å². The Morgan fingerprint density at radius 1 is 1.52 bits per heavy atom. The summed E-state index contributed by atoms with van der Waals surface area (Å²) in [5, 5.41) is 5.39. The Balaban J connectivity index is 0.00000200. The Hall–Kier alpha value is -1.15. The highest BCUT2D eigenvalue weighted by molar-refractivity contribution is 7.09. The number of nitrogens with zero attached hydrogens (tertiary/aromatic N) is 3. The van der Waals surface area contributed by atoms with Crippen LogP contribution in [0.1, 0.15) is 22.4 Å². The lowest BCUT2D eigenvalue weighted by atomic mass is 10.2. The van der Waals surface area contributed by atoms with Crippen molar-refractivity contribution in [2.45, 2.75) is 20.0 Å². The summed E-state index contributed by atoms with van der Waals surface area (Å²) in [4.78, 5) is 20.0. The fourth-order valence-corrected chi connectivity index (χ4v) is 2.34. The zero-order valence-electron chi connectivity index (χ0n) is 11.6. The zero-order valence-corrected chi connectivity index (χ0v) is 14.0. The van der Waals surface area contributed by atoms with Gasteiger partial charge in [-0.25, -0.2) is 9.97 Å². The largest absolute Gasteiger partial charge is 0.350 e. The molecule has 2 aromatic rings. The van der Waals surface area contributed by atoms with Gasteiger partial charge in [0.1, 0.15) is 10.7 Å². The molecule has 0 fully saturated rings. The van der Waals surface area contributed by atoms with E-state index in [-0.39, 0.29) is 30.7 Å². The normalized spacial score (nSPS) is 11.1. The molecule has 21 heavy (non-hydrogen) atoms. The van der Waals surface area contributed by atoms with E-state index in [0.717, 1.165) is 11.6 Å². The molecule has 0 saturated heterocycles. The van der Waals surface area contributed by atoms with E-state index in [0.29, 0.717) is 24.7 Å². The molecule has 0 aliphatic rings. The van der Waals surface area contributed by atoms with Crippen molar-refractivity contribution >= 4 is 42.1 Å². The van der Waals surface area contributed by atoms with E-state index >= 15 is 0 Å². The molecule has 1 atom stereocenters. The molecule has 3 N–H and O–H groups in total. The van der Waals surface area contributed by atoms with Crippen LogP contribution in [-0.2, 0) is 13.1 Å². The SMILES string of the molecule is CC(CNC(=O)c1csc(CN)n1)Cn1ccnc1.Cl.Cl. The Labute approximate surface area is 140 Å². The molecule has 0 spiro atoms. The predicted octanol–water partition coefficient (Wildman–Crippen LogP) is 1.71. The second-order valence-corrected chi connectivity index (χ2v) is 5.35. The third-order valence-electron chi connectivity index (χ3n) is 2.65. The summed E-state index contributed by atoms with van der Waals surface area (Å²) in [6.45, 7) is 3.87. The highest BCUT2D eigenvalue weighted by atomic mass is 35.5. The number of hydrogen-bond acceptors (Lipinski definition) is 5. The van der Waals surface area contributed by atoms with E-state index in [4.69, 9.17) is 5.73 Å². The summed E-state index contributed by atoms with van der Waals surface area (Å²) in [6.07, 6.45) is 5.42. The minimum atomic E-state index is -0.145. The minimum absolute atomic E-state index is 0. The molecule has 0 radical (unpaired) electrons. The van der Waals surface area contributed by atoms with Crippen LogP contribution in [0.15, 0.2) is 24.1 Å². The number of carbonyl (C=O) groups is 1. The number of amides is 1. The zero-order chi connectivity index (χ0) is 13.7. The van der Waals surface area contributed by atoms with Gasteiger partial charge in [0, 0.05) is 37.4 Å². The number of rotatable bonds is 6. The van der Waals surface area contributed by atoms with Crippen molar-refractivity contribution in [1.82, 2.24) is 19.9 Å². The van der Waals surface area contributed by atoms with Crippen molar-refractivity contribution < 1.29 is 4.79 Å². The van der Waals surface area contributed by atoms with Gasteiger partial charge in [-0.05, 0) is 5.92 Å². The predicted molar refractivity (Wildman–Crippen MR) is 88.2 cm³/mol. The fourth-order valence-electron chi connectivity index (χ4n) is 1.69. The first kappa shape index (κ1) is 19.9. The lowest BCUT2D eigenvalue weighted by Crippen LogP contribution is -2.30. The molecule has 0 aliphatic heterocycles. The molecule has 6 nitrogen and oxygen atoms in total. The van der Waals surface area contributed by atoms with E-state index in [1.807, 2.05) is 10.8 Å². The lowest BCUT2D eigenvalue weighted by molar-refractivity contribution is 0.0942. The van der Waals surface area contributed by atoms with E-state index in [9.17, 15) is 4.79 Å². The standard InChI is InChI=1S/C12H17N5OS.2ClH/c1-9(6-17-3-2-14-8-17)5-15-12(18)10-7-19-11(4-13)16-10;;/h2-3,7-9H,4-6,13H2,1H3,(H,15,18);2*1H. The van der Waals surface area contributed by atoms with Gasteiger partial charge in [0.05, 0.1) is 6.33 Å². The molecule has 1 unspecified atom stereocenters. The Morgan fingerprint density at radius 3 is 2.86 bits per heavy atom. The van der Waals surface area contributed by atoms with Crippen molar-refractivity contribution in [2.24, 2.45) is 11.7 Å². The smallest absolute Gasteiger partial charge is 0.270 e. The first-order valence-electron chi connectivity index (χ1n) is 6.07. The third kappa shape index (κ3) is 6.01. The van der Waals surface area contributed by atoms with Crippen LogP contribution in [0.2, 0.25) is 0 Å². The number of hydrogen-bond donors (Lipinski definition) is 2. The maximum absolute atomic E-state index is 11.9. The van der Waals surface area contributed by atoms with E-state index in [1.54, 1.807) is 17.9 Å². The number of aromatic nitrogens is 3. The Bertz CT molecular complexity index is 531. The van der Waals surface area contributed by atoms with E-state index in [1.165, 1.54) is 11.3 Å². The van der Waals surface area contributed by atoms with Crippen LogP contribution in [-0.4, -0.2) is 27.0 Å². The first-order chi connectivity index (χ1) is 9.19. The maximum atomic E-state index is 11.9. The summed E-state index contributed by atoms with van der Waals surface area (Å²) < 4.78 is 1.99. The highest BCUT2D eigenvalue weighted by Gasteiger charge is 2.11. The van der Waals surface area contributed by atoms with Gasteiger partial charge in [-0.2, -0.15) is 0 Å². The average Bonchev–Trinajstić information content (AvgIpc) is 3.06. The summed E-state index contributed by atoms with van der Waals surface area (Å²) in [6, 6.07) is 0. The van der Waals surface area contributed by atoms with Crippen LogP contribution in [0, 0.1) is 5.92 Å². The number of imidazole rings is 1. The molecule has 2 rings (SSSR count). The molecule has 0 bridgehead atoms. The van der Waals surface area contributed by atoms with Gasteiger partial charge in [0.2, 0.25) is 0 Å². The number of halogens is 2. The fraction of sp³-hybridized carbons (Fsp3) is 0.417. The quantitative estimate of drug-likeness (QED) is 0.829. The minimum Gasteiger partial charge on any atom is -0.350 e. The lowest BCUT2D eigenvalue weighted by Gasteiger charge is -2.12. The summed E-state index contributed by atoms with van der Waals surface area (Å²) in [7, 11) is 0. The molecule has 2 heterocycles. The highest BCUT2D eigenvalue weighted by Crippen LogP contribution is 2.08. The first-order valence-corrected chi connectivity index (χ1v) is 6.95. The summed E-state index contributed by atoms with van der Waals surface area (Å²) >= 11 is 1.41. The Kier molecular flexibility index (Phi) is 9.19. The average molecular weight is 352 g/mol. The van der Waals surface area contributed by atoms with Crippen LogP contribution < -0.4 is 11.1 Å². The van der Waals surface area contributed by atoms with Gasteiger partial charge in [-0.3, -0.25) is 4.79 Å². The Morgan fingerprint density at radius 2 is 2.29 bits per heavy atom. The van der Waals surface area contributed by atoms with Crippen LogP contribution >= 0.6 is 36.2 Å². The third-order valence-corrected chi connectivity index (χ3v) is 3.52. The van der Waals surface area contributed by atoms with E-state index < -0.39 is 0 Å². The van der Waals surface area contributed by atoms with Crippen LogP contribution in [0.5, 0.6) is 0 Å². The van der Waals surface area contributed by atoms with Gasteiger partial charge < -0.3 is 15.6 Å². The second-order valence-electron chi connectivity index (χ2n) is 4.41.